The van der Waals surface area contributed by atoms with Gasteiger partial charge in [0.1, 0.15) is 13.2 Å². The summed E-state index contributed by atoms with van der Waals surface area (Å²) >= 11 is 0. The van der Waals surface area contributed by atoms with E-state index in [9.17, 15) is 8.42 Å². The highest BCUT2D eigenvalue weighted by Crippen LogP contribution is 2.39. The Balaban J connectivity index is 1.76. The van der Waals surface area contributed by atoms with E-state index in [4.69, 9.17) is 9.47 Å². The first-order valence-corrected chi connectivity index (χ1v) is 10.2. The van der Waals surface area contributed by atoms with Gasteiger partial charge in [0.15, 0.2) is 11.5 Å². The summed E-state index contributed by atoms with van der Waals surface area (Å²) in [5.41, 5.74) is 1.65. The molecular weight excluding hydrogens is 352 g/mol. The number of para-hydroxylation sites is 2. The number of hydrogen-bond donors (Lipinski definition) is 0. The van der Waals surface area contributed by atoms with Crippen LogP contribution >= 0.6 is 0 Å². The lowest BCUT2D eigenvalue weighted by molar-refractivity contribution is 0.171. The van der Waals surface area contributed by atoms with E-state index < -0.39 is 10.0 Å². The largest absolute Gasteiger partial charge is 0.486 e. The van der Waals surface area contributed by atoms with Gasteiger partial charge in [-0.1, -0.05) is 12.1 Å². The van der Waals surface area contributed by atoms with E-state index in [2.05, 4.69) is 18.7 Å². The van der Waals surface area contributed by atoms with Crippen molar-refractivity contribution in [2.24, 2.45) is 0 Å². The molecule has 26 heavy (non-hydrogen) atoms. The third kappa shape index (κ3) is 2.76. The fourth-order valence-corrected chi connectivity index (χ4v) is 4.94. The van der Waals surface area contributed by atoms with E-state index in [1.165, 1.54) is 4.31 Å². The number of anilines is 2. The molecule has 0 radical (unpaired) electrons. The van der Waals surface area contributed by atoms with Crippen LogP contribution in [0, 0.1) is 0 Å². The lowest BCUT2D eigenvalue weighted by Gasteiger charge is -2.40. The first-order chi connectivity index (χ1) is 12.5. The molecule has 0 bridgehead atoms. The van der Waals surface area contributed by atoms with Gasteiger partial charge in [-0.25, -0.2) is 8.42 Å². The standard InChI is InChI=1S/C19H22N2O4S/c1-14(2)20-9-10-21(17-6-4-3-5-16(17)20)26(22,23)15-7-8-18-19(13-15)25-12-11-24-18/h3-8,13-14H,9-12H2,1-2H3. The van der Waals surface area contributed by atoms with Gasteiger partial charge in [0, 0.05) is 18.7 Å². The minimum atomic E-state index is -3.69. The van der Waals surface area contributed by atoms with Crippen LogP contribution in [-0.2, 0) is 10.0 Å². The molecule has 0 unspecified atom stereocenters. The Bertz CT molecular complexity index is 927. The minimum Gasteiger partial charge on any atom is -0.486 e. The zero-order valence-electron chi connectivity index (χ0n) is 14.9. The summed E-state index contributed by atoms with van der Waals surface area (Å²) < 4.78 is 39.2. The van der Waals surface area contributed by atoms with Gasteiger partial charge in [0.05, 0.1) is 22.8 Å². The smallest absolute Gasteiger partial charge is 0.264 e. The zero-order chi connectivity index (χ0) is 18.3. The maximum absolute atomic E-state index is 13.3. The third-order valence-electron chi connectivity index (χ3n) is 4.73. The summed E-state index contributed by atoms with van der Waals surface area (Å²) in [5, 5.41) is 0. The Morgan fingerprint density at radius 1 is 0.923 bits per heavy atom. The van der Waals surface area contributed by atoms with Crippen molar-refractivity contribution < 1.29 is 17.9 Å². The van der Waals surface area contributed by atoms with Crippen LogP contribution in [0.3, 0.4) is 0 Å². The van der Waals surface area contributed by atoms with Crippen LogP contribution in [0.25, 0.3) is 0 Å². The van der Waals surface area contributed by atoms with Crippen molar-refractivity contribution in [1.82, 2.24) is 0 Å². The lowest BCUT2D eigenvalue weighted by Crippen LogP contribution is -2.46. The number of ether oxygens (including phenoxy) is 2. The van der Waals surface area contributed by atoms with Gasteiger partial charge >= 0.3 is 0 Å². The first kappa shape index (κ1) is 17.0. The van der Waals surface area contributed by atoms with Crippen LogP contribution in [0.15, 0.2) is 47.4 Å². The molecule has 0 saturated heterocycles. The molecule has 6 nitrogen and oxygen atoms in total. The average Bonchev–Trinajstić information content (AvgIpc) is 2.66. The molecule has 2 aromatic carbocycles. The van der Waals surface area contributed by atoms with Crippen molar-refractivity contribution in [2.75, 3.05) is 35.5 Å². The molecule has 2 aliphatic heterocycles. The fourth-order valence-electron chi connectivity index (χ4n) is 3.45. The minimum absolute atomic E-state index is 0.217. The van der Waals surface area contributed by atoms with Gasteiger partial charge in [0.25, 0.3) is 10.0 Å². The Hall–Kier alpha value is -2.41. The second kappa shape index (κ2) is 6.39. The summed E-state index contributed by atoms with van der Waals surface area (Å²) in [7, 11) is -3.69. The van der Waals surface area contributed by atoms with Gasteiger partial charge in [-0.05, 0) is 38.1 Å². The van der Waals surface area contributed by atoms with Crippen LogP contribution in [0.1, 0.15) is 13.8 Å². The van der Waals surface area contributed by atoms with Crippen LogP contribution < -0.4 is 18.7 Å². The second-order valence-corrected chi connectivity index (χ2v) is 8.52. The van der Waals surface area contributed by atoms with Crippen molar-refractivity contribution >= 4 is 21.4 Å². The molecule has 0 aromatic heterocycles. The van der Waals surface area contributed by atoms with Crippen LogP contribution in [0.4, 0.5) is 11.4 Å². The molecule has 2 aliphatic rings. The predicted molar refractivity (Wildman–Crippen MR) is 101 cm³/mol. The normalized spacial score (nSPS) is 16.6. The van der Waals surface area contributed by atoms with E-state index in [-0.39, 0.29) is 4.90 Å². The van der Waals surface area contributed by atoms with Gasteiger partial charge in [-0.2, -0.15) is 0 Å². The number of benzene rings is 2. The number of nitrogens with zero attached hydrogens (tertiary/aromatic N) is 2. The molecule has 2 aromatic rings. The van der Waals surface area contributed by atoms with Crippen molar-refractivity contribution in [3.05, 3.63) is 42.5 Å². The fraction of sp³-hybridized carbons (Fsp3) is 0.368. The van der Waals surface area contributed by atoms with Crippen molar-refractivity contribution in [2.45, 2.75) is 24.8 Å². The zero-order valence-corrected chi connectivity index (χ0v) is 15.7. The molecule has 0 spiro atoms. The summed E-state index contributed by atoms with van der Waals surface area (Å²) in [6.45, 7) is 6.18. The van der Waals surface area contributed by atoms with E-state index >= 15 is 0 Å². The molecule has 0 fully saturated rings. The SMILES string of the molecule is CC(C)N1CCN(S(=O)(=O)c2ccc3c(c2)OCCO3)c2ccccc21. The monoisotopic (exact) mass is 374 g/mol. The van der Waals surface area contributed by atoms with E-state index in [1.807, 2.05) is 24.3 Å². The van der Waals surface area contributed by atoms with Gasteiger partial charge < -0.3 is 14.4 Å². The Kier molecular flexibility index (Phi) is 4.19. The summed E-state index contributed by atoms with van der Waals surface area (Å²) in [4.78, 5) is 2.44. The molecule has 0 amide bonds. The lowest BCUT2D eigenvalue weighted by atomic mass is 10.1. The predicted octanol–water partition coefficient (Wildman–Crippen LogP) is 2.88. The maximum atomic E-state index is 13.3. The highest BCUT2D eigenvalue weighted by molar-refractivity contribution is 7.92. The topological polar surface area (TPSA) is 59.1 Å². The molecule has 0 N–H and O–H groups in total. The molecule has 4 rings (SSSR count). The van der Waals surface area contributed by atoms with E-state index in [1.54, 1.807) is 18.2 Å². The molecular formula is C19H22N2O4S. The average molecular weight is 374 g/mol. The van der Waals surface area contributed by atoms with Gasteiger partial charge in [-0.15, -0.1) is 0 Å². The number of rotatable bonds is 3. The van der Waals surface area contributed by atoms with E-state index in [0.717, 1.165) is 5.69 Å². The number of fused-ring (bicyclic) bond motifs is 2. The van der Waals surface area contributed by atoms with Crippen LogP contribution in [0.2, 0.25) is 0 Å². The molecule has 138 valence electrons. The van der Waals surface area contributed by atoms with Crippen LogP contribution in [-0.4, -0.2) is 40.8 Å². The van der Waals surface area contributed by atoms with E-state index in [0.29, 0.717) is 49.5 Å². The van der Waals surface area contributed by atoms with Gasteiger partial charge in [-0.3, -0.25) is 4.31 Å². The van der Waals surface area contributed by atoms with Crippen molar-refractivity contribution in [1.29, 1.82) is 0 Å². The summed E-state index contributed by atoms with van der Waals surface area (Å²) in [5.74, 6) is 1.06. The summed E-state index contributed by atoms with van der Waals surface area (Å²) in [6.07, 6.45) is 0. The second-order valence-electron chi connectivity index (χ2n) is 6.66. The van der Waals surface area contributed by atoms with Gasteiger partial charge in [0.2, 0.25) is 0 Å². The molecule has 7 heteroatoms. The quantitative estimate of drug-likeness (QED) is 0.827. The highest BCUT2D eigenvalue weighted by atomic mass is 32.2. The highest BCUT2D eigenvalue weighted by Gasteiger charge is 2.33. The Morgan fingerprint density at radius 3 is 2.35 bits per heavy atom. The number of sulfonamides is 1. The van der Waals surface area contributed by atoms with Crippen LogP contribution in [0.5, 0.6) is 11.5 Å². The molecule has 0 aliphatic carbocycles. The Labute approximate surface area is 154 Å². The summed E-state index contributed by atoms with van der Waals surface area (Å²) in [6, 6.07) is 12.7. The molecule has 0 saturated carbocycles. The Morgan fingerprint density at radius 2 is 1.62 bits per heavy atom. The number of hydrogen-bond acceptors (Lipinski definition) is 5. The first-order valence-electron chi connectivity index (χ1n) is 8.76. The maximum Gasteiger partial charge on any atom is 0.264 e. The van der Waals surface area contributed by atoms with Crippen molar-refractivity contribution in [3.63, 3.8) is 0 Å². The third-order valence-corrected chi connectivity index (χ3v) is 6.54. The van der Waals surface area contributed by atoms with Crippen molar-refractivity contribution in [3.8, 4) is 11.5 Å². The molecule has 2 heterocycles. The molecule has 0 atom stereocenters.